The van der Waals surface area contributed by atoms with Crippen LogP contribution in [0, 0.1) is 25.5 Å². The van der Waals surface area contributed by atoms with Gasteiger partial charge in [0.25, 0.3) is 0 Å². The zero-order valence-corrected chi connectivity index (χ0v) is 18.6. The highest BCUT2D eigenvalue weighted by Gasteiger charge is 2.24. The van der Waals surface area contributed by atoms with Gasteiger partial charge in [0.1, 0.15) is 17.5 Å². The maximum absolute atomic E-state index is 14.6. The van der Waals surface area contributed by atoms with Gasteiger partial charge in [-0.05, 0) is 62.2 Å². The van der Waals surface area contributed by atoms with Crippen LogP contribution in [-0.2, 0) is 0 Å². The predicted molar refractivity (Wildman–Crippen MR) is 122 cm³/mol. The third kappa shape index (κ3) is 4.48. The number of hydrogen-bond donors (Lipinski definition) is 1. The van der Waals surface area contributed by atoms with Crippen molar-refractivity contribution in [2.24, 2.45) is 4.99 Å². The molecule has 0 bridgehead atoms. The molecule has 0 amide bonds. The average molecular weight is 415 g/mol. The Labute approximate surface area is 178 Å². The highest BCUT2D eigenvalue weighted by atomic mass is 19.1. The Kier molecular flexibility index (Phi) is 7.08. The number of benzene rings is 2. The Balaban J connectivity index is 2.14. The molecule has 0 spiro atoms. The normalized spacial score (nSPS) is 15.6. The number of rotatable bonds is 5. The summed E-state index contributed by atoms with van der Waals surface area (Å²) >= 11 is 0. The summed E-state index contributed by atoms with van der Waals surface area (Å²) in [6.45, 7) is 10.7. The Morgan fingerprint density at radius 2 is 1.80 bits per heavy atom. The fraction of sp³-hybridized carbons (Fsp3) is 0.458. The zero-order chi connectivity index (χ0) is 21.8. The average Bonchev–Trinajstić information content (AvgIpc) is 2.71. The second-order valence-electron chi connectivity index (χ2n) is 8.00. The minimum Gasteiger partial charge on any atom is -0.384 e. The van der Waals surface area contributed by atoms with E-state index in [9.17, 15) is 8.78 Å². The van der Waals surface area contributed by atoms with Gasteiger partial charge in [-0.1, -0.05) is 6.92 Å². The summed E-state index contributed by atoms with van der Waals surface area (Å²) in [5, 5.41) is 3.55. The molecule has 6 heteroatoms. The van der Waals surface area contributed by atoms with E-state index < -0.39 is 11.6 Å². The summed E-state index contributed by atoms with van der Waals surface area (Å²) in [5.41, 5.74) is 5.15. The molecule has 0 unspecified atom stereocenters. The highest BCUT2D eigenvalue weighted by Crippen LogP contribution is 2.37. The van der Waals surface area contributed by atoms with E-state index in [1.54, 1.807) is 0 Å². The molecule has 30 heavy (non-hydrogen) atoms. The largest absolute Gasteiger partial charge is 0.384 e. The first-order valence-electron chi connectivity index (χ1n) is 10.6. The molecule has 1 N–H and O–H groups in total. The van der Waals surface area contributed by atoms with E-state index in [1.165, 1.54) is 12.1 Å². The maximum atomic E-state index is 14.6. The van der Waals surface area contributed by atoms with Crippen LogP contribution < -0.4 is 5.32 Å². The number of nitrogens with one attached hydrogen (secondary N) is 1. The van der Waals surface area contributed by atoms with Crippen LogP contribution >= 0.6 is 0 Å². The molecule has 1 saturated heterocycles. The standard InChI is InChI=1S/C24H32F2N4/c1-6-9-28-23-17(3)22(19-8-7-18(25)15-21(19)26)16(2)14-20(23)24(27-4)30-12-10-29(5)11-13-30/h7-8,14-15,28H,6,9-13H2,1-5H3. The van der Waals surface area contributed by atoms with Crippen LogP contribution in [0.15, 0.2) is 29.3 Å². The lowest BCUT2D eigenvalue weighted by atomic mass is 9.90. The van der Waals surface area contributed by atoms with Gasteiger partial charge in [0.2, 0.25) is 0 Å². The Morgan fingerprint density at radius 1 is 1.10 bits per heavy atom. The summed E-state index contributed by atoms with van der Waals surface area (Å²) < 4.78 is 28.1. The lowest BCUT2D eigenvalue weighted by Gasteiger charge is -2.35. The van der Waals surface area contributed by atoms with Crippen molar-refractivity contribution in [2.45, 2.75) is 27.2 Å². The molecule has 2 aromatic rings. The smallest absolute Gasteiger partial charge is 0.133 e. The van der Waals surface area contributed by atoms with Crippen molar-refractivity contribution in [3.8, 4) is 11.1 Å². The molecule has 2 aromatic carbocycles. The van der Waals surface area contributed by atoms with Crippen molar-refractivity contribution in [3.05, 3.63) is 52.6 Å². The topological polar surface area (TPSA) is 30.9 Å². The van der Waals surface area contributed by atoms with Crippen LogP contribution in [0.3, 0.4) is 0 Å². The zero-order valence-electron chi connectivity index (χ0n) is 18.6. The first-order valence-corrected chi connectivity index (χ1v) is 10.6. The summed E-state index contributed by atoms with van der Waals surface area (Å²) in [4.78, 5) is 9.29. The van der Waals surface area contributed by atoms with Crippen LogP contribution in [-0.4, -0.2) is 62.5 Å². The number of aliphatic imine (C=N–C) groups is 1. The van der Waals surface area contributed by atoms with Crippen LogP contribution in [0.1, 0.15) is 30.0 Å². The number of aryl methyl sites for hydroxylation is 1. The second kappa shape index (κ2) is 9.56. The van der Waals surface area contributed by atoms with Gasteiger partial charge in [-0.25, -0.2) is 8.78 Å². The van der Waals surface area contributed by atoms with Crippen molar-refractivity contribution in [1.82, 2.24) is 9.80 Å². The molecule has 1 aliphatic rings. The first kappa shape index (κ1) is 22.2. The van der Waals surface area contributed by atoms with Crippen molar-refractivity contribution < 1.29 is 8.78 Å². The Hall–Kier alpha value is -2.47. The van der Waals surface area contributed by atoms with Crippen LogP contribution in [0.4, 0.5) is 14.5 Å². The third-order valence-corrected chi connectivity index (χ3v) is 5.78. The highest BCUT2D eigenvalue weighted by molar-refractivity contribution is 6.05. The van der Waals surface area contributed by atoms with Crippen molar-refractivity contribution in [3.63, 3.8) is 0 Å². The van der Waals surface area contributed by atoms with E-state index in [4.69, 9.17) is 0 Å². The first-order chi connectivity index (χ1) is 14.4. The second-order valence-corrected chi connectivity index (χ2v) is 8.00. The number of hydrogen-bond acceptors (Lipinski definition) is 3. The van der Waals surface area contributed by atoms with Crippen molar-refractivity contribution >= 4 is 11.5 Å². The van der Waals surface area contributed by atoms with E-state index >= 15 is 0 Å². The Bertz CT molecular complexity index is 931. The minimum absolute atomic E-state index is 0.423. The quantitative estimate of drug-likeness (QED) is 0.569. The van der Waals surface area contributed by atoms with Gasteiger partial charge in [-0.3, -0.25) is 4.99 Å². The number of halogens is 2. The molecule has 1 heterocycles. The molecule has 0 atom stereocenters. The fourth-order valence-electron chi connectivity index (χ4n) is 4.19. The summed E-state index contributed by atoms with van der Waals surface area (Å²) in [5.74, 6) is -0.152. The lowest BCUT2D eigenvalue weighted by Crippen LogP contribution is -2.47. The summed E-state index contributed by atoms with van der Waals surface area (Å²) in [7, 11) is 3.96. The minimum atomic E-state index is -0.567. The van der Waals surface area contributed by atoms with Gasteiger partial charge in [-0.15, -0.1) is 0 Å². The molecular weight excluding hydrogens is 382 g/mol. The van der Waals surface area contributed by atoms with Crippen LogP contribution in [0.25, 0.3) is 11.1 Å². The number of nitrogens with zero attached hydrogens (tertiary/aromatic N) is 3. The predicted octanol–water partition coefficient (Wildman–Crippen LogP) is 4.69. The van der Waals surface area contributed by atoms with E-state index in [-0.39, 0.29) is 0 Å². The SMILES string of the molecule is CCCNc1c(C(=NC)N2CCN(C)CC2)cc(C)c(-c2ccc(F)cc2F)c1C. The number of piperazine rings is 1. The monoisotopic (exact) mass is 414 g/mol. The third-order valence-electron chi connectivity index (χ3n) is 5.78. The van der Waals surface area contributed by atoms with E-state index in [2.05, 4.69) is 40.1 Å². The molecule has 162 valence electrons. The van der Waals surface area contributed by atoms with E-state index in [0.717, 1.165) is 79.0 Å². The Morgan fingerprint density at radius 3 is 2.40 bits per heavy atom. The number of anilines is 1. The van der Waals surface area contributed by atoms with E-state index in [1.807, 2.05) is 20.9 Å². The molecule has 3 rings (SSSR count). The molecular formula is C24H32F2N4. The van der Waals surface area contributed by atoms with Gasteiger partial charge in [0.05, 0.1) is 0 Å². The van der Waals surface area contributed by atoms with E-state index in [0.29, 0.717) is 5.56 Å². The lowest BCUT2D eigenvalue weighted by molar-refractivity contribution is 0.215. The molecule has 0 radical (unpaired) electrons. The van der Waals surface area contributed by atoms with Crippen molar-refractivity contribution in [1.29, 1.82) is 0 Å². The fourth-order valence-corrected chi connectivity index (χ4v) is 4.19. The molecule has 0 aromatic heterocycles. The summed E-state index contributed by atoms with van der Waals surface area (Å²) in [6.07, 6.45) is 0.972. The van der Waals surface area contributed by atoms with Gasteiger partial charge >= 0.3 is 0 Å². The van der Waals surface area contributed by atoms with Gasteiger partial charge in [0, 0.05) is 62.7 Å². The van der Waals surface area contributed by atoms with Crippen LogP contribution in [0.2, 0.25) is 0 Å². The number of likely N-dealkylation sites (N-methyl/N-ethyl adjacent to an activating group) is 1. The summed E-state index contributed by atoms with van der Waals surface area (Å²) in [6, 6.07) is 5.88. The maximum Gasteiger partial charge on any atom is 0.133 e. The van der Waals surface area contributed by atoms with Gasteiger partial charge < -0.3 is 15.1 Å². The molecule has 4 nitrogen and oxygen atoms in total. The van der Waals surface area contributed by atoms with Crippen LogP contribution in [0.5, 0.6) is 0 Å². The van der Waals surface area contributed by atoms with Crippen molar-refractivity contribution in [2.75, 3.05) is 52.1 Å². The van der Waals surface area contributed by atoms with Gasteiger partial charge in [-0.2, -0.15) is 0 Å². The molecule has 1 fully saturated rings. The molecule has 1 aliphatic heterocycles. The van der Waals surface area contributed by atoms with Gasteiger partial charge in [0.15, 0.2) is 0 Å². The number of amidine groups is 1. The molecule has 0 aliphatic carbocycles. The molecule has 0 saturated carbocycles.